The molecule has 1 amide bonds. The normalized spacial score (nSPS) is 25.0. The second-order valence-electron chi connectivity index (χ2n) is 5.84. The highest BCUT2D eigenvalue weighted by molar-refractivity contribution is 5.97. The predicted octanol–water partition coefficient (Wildman–Crippen LogP) is 2.33. The molecule has 2 unspecified atom stereocenters. The van der Waals surface area contributed by atoms with Gasteiger partial charge in [0.15, 0.2) is 0 Å². The van der Waals surface area contributed by atoms with Crippen LogP contribution >= 0.6 is 0 Å². The molecule has 2 atom stereocenters. The molecule has 3 N–H and O–H groups in total. The maximum absolute atomic E-state index is 12.6. The highest BCUT2D eigenvalue weighted by atomic mass is 16.2. The molecule has 1 aromatic heterocycles. The Morgan fingerprint density at radius 2 is 2.24 bits per heavy atom. The zero-order valence-corrected chi connectivity index (χ0v) is 12.1. The van der Waals surface area contributed by atoms with Crippen molar-refractivity contribution in [1.82, 2.24) is 9.78 Å². The molecule has 5 heteroatoms. The van der Waals surface area contributed by atoms with Crippen LogP contribution in [0.5, 0.6) is 0 Å². The van der Waals surface area contributed by atoms with Crippen molar-refractivity contribution in [2.45, 2.75) is 32.2 Å². The molecule has 0 saturated heterocycles. The first-order chi connectivity index (χ1) is 10.1. The molecule has 3 rings (SSSR count). The van der Waals surface area contributed by atoms with Crippen molar-refractivity contribution in [3.8, 4) is 5.69 Å². The average molecular weight is 284 g/mol. The van der Waals surface area contributed by atoms with Crippen LogP contribution in [0.2, 0.25) is 0 Å². The molecule has 0 spiro atoms. The summed E-state index contributed by atoms with van der Waals surface area (Å²) in [6, 6.07) is 9.43. The average Bonchev–Trinajstić information content (AvgIpc) is 3.11. The number of amides is 1. The van der Waals surface area contributed by atoms with E-state index >= 15 is 0 Å². The Kier molecular flexibility index (Phi) is 3.51. The number of carbonyl (C=O) groups excluding carboxylic acids is 1. The number of rotatable bonds is 3. The van der Waals surface area contributed by atoms with Crippen molar-refractivity contribution in [1.29, 1.82) is 0 Å². The van der Waals surface area contributed by atoms with Crippen LogP contribution in [-0.2, 0) is 4.79 Å². The second kappa shape index (κ2) is 5.33. The summed E-state index contributed by atoms with van der Waals surface area (Å²) in [5.41, 5.74) is 7.24. The largest absolute Gasteiger partial charge is 0.327 e. The fraction of sp³-hybridized carbons (Fsp3) is 0.375. The Bertz CT molecular complexity index is 637. The molecule has 0 radical (unpaired) electrons. The van der Waals surface area contributed by atoms with E-state index in [-0.39, 0.29) is 11.9 Å². The van der Waals surface area contributed by atoms with Crippen molar-refractivity contribution >= 4 is 11.6 Å². The van der Waals surface area contributed by atoms with Gasteiger partial charge in [-0.3, -0.25) is 4.79 Å². The molecule has 2 aromatic rings. The lowest BCUT2D eigenvalue weighted by atomic mass is 9.84. The van der Waals surface area contributed by atoms with Gasteiger partial charge in [-0.1, -0.05) is 18.6 Å². The van der Waals surface area contributed by atoms with Gasteiger partial charge in [0.25, 0.3) is 0 Å². The van der Waals surface area contributed by atoms with Crippen molar-refractivity contribution in [3.63, 3.8) is 0 Å². The first-order valence-electron chi connectivity index (χ1n) is 7.27. The van der Waals surface area contributed by atoms with Gasteiger partial charge in [-0.25, -0.2) is 4.68 Å². The maximum atomic E-state index is 12.6. The number of nitrogens with two attached hydrogens (primary N) is 1. The number of para-hydroxylation sites is 2. The van der Waals surface area contributed by atoms with Gasteiger partial charge in [0.1, 0.15) is 0 Å². The van der Waals surface area contributed by atoms with E-state index in [4.69, 9.17) is 5.73 Å². The Hall–Kier alpha value is -2.14. The Morgan fingerprint density at radius 1 is 1.43 bits per heavy atom. The zero-order valence-electron chi connectivity index (χ0n) is 12.1. The van der Waals surface area contributed by atoms with E-state index in [2.05, 4.69) is 10.4 Å². The molecule has 5 nitrogen and oxygen atoms in total. The van der Waals surface area contributed by atoms with Crippen LogP contribution in [-0.4, -0.2) is 21.7 Å². The van der Waals surface area contributed by atoms with E-state index in [1.54, 1.807) is 10.9 Å². The van der Waals surface area contributed by atoms with E-state index in [9.17, 15) is 4.79 Å². The van der Waals surface area contributed by atoms with Crippen molar-refractivity contribution in [3.05, 3.63) is 42.7 Å². The van der Waals surface area contributed by atoms with Gasteiger partial charge in [0, 0.05) is 18.4 Å². The standard InChI is InChI=1S/C16H20N4O/c1-16(9-4-8-14(16)17)15(21)19-12-6-2-3-7-13(12)20-11-5-10-18-20/h2-3,5-7,10-11,14H,4,8-9,17H2,1H3,(H,19,21). The molecule has 0 aliphatic heterocycles. The van der Waals surface area contributed by atoms with Crippen LogP contribution in [0, 0.1) is 5.41 Å². The highest BCUT2D eigenvalue weighted by Gasteiger charge is 2.43. The first-order valence-corrected chi connectivity index (χ1v) is 7.27. The quantitative estimate of drug-likeness (QED) is 0.908. The third-order valence-electron chi connectivity index (χ3n) is 4.45. The minimum absolute atomic E-state index is 0.00731. The van der Waals surface area contributed by atoms with Gasteiger partial charge in [-0.2, -0.15) is 5.10 Å². The van der Waals surface area contributed by atoms with Crippen LogP contribution in [0.25, 0.3) is 5.69 Å². The number of nitrogens with zero attached hydrogens (tertiary/aromatic N) is 2. The van der Waals surface area contributed by atoms with Gasteiger partial charge in [0.05, 0.1) is 16.8 Å². The lowest BCUT2D eigenvalue weighted by molar-refractivity contribution is -0.125. The second-order valence-corrected chi connectivity index (χ2v) is 5.84. The van der Waals surface area contributed by atoms with E-state index in [1.807, 2.05) is 43.5 Å². The SMILES string of the molecule is CC1(C(=O)Nc2ccccc2-n2cccn2)CCCC1N. The molecule has 0 bridgehead atoms. The molecule has 1 heterocycles. The third-order valence-corrected chi connectivity index (χ3v) is 4.45. The molecule has 1 saturated carbocycles. The summed E-state index contributed by atoms with van der Waals surface area (Å²) < 4.78 is 1.74. The van der Waals surface area contributed by atoms with Crippen LogP contribution in [0.15, 0.2) is 42.7 Å². The Balaban J connectivity index is 1.87. The number of hydrogen-bond donors (Lipinski definition) is 2. The molecule has 1 aromatic carbocycles. The van der Waals surface area contributed by atoms with Crippen molar-refractivity contribution < 1.29 is 4.79 Å². The zero-order chi connectivity index (χ0) is 14.9. The van der Waals surface area contributed by atoms with E-state index < -0.39 is 5.41 Å². The minimum Gasteiger partial charge on any atom is -0.327 e. The van der Waals surface area contributed by atoms with Gasteiger partial charge in [-0.05, 0) is 38.0 Å². The molecule has 1 fully saturated rings. The number of aromatic nitrogens is 2. The molecular weight excluding hydrogens is 264 g/mol. The van der Waals surface area contributed by atoms with Crippen LogP contribution < -0.4 is 11.1 Å². The molecule has 1 aliphatic rings. The van der Waals surface area contributed by atoms with Crippen molar-refractivity contribution in [2.75, 3.05) is 5.32 Å². The molecular formula is C16H20N4O. The van der Waals surface area contributed by atoms with Gasteiger partial charge >= 0.3 is 0 Å². The van der Waals surface area contributed by atoms with Crippen LogP contribution in [0.1, 0.15) is 26.2 Å². The lowest BCUT2D eigenvalue weighted by Gasteiger charge is -2.28. The van der Waals surface area contributed by atoms with Gasteiger partial charge in [0.2, 0.25) is 5.91 Å². The number of anilines is 1. The first kappa shape index (κ1) is 13.8. The number of benzene rings is 1. The summed E-state index contributed by atoms with van der Waals surface area (Å²) in [5, 5.41) is 7.26. The Labute approximate surface area is 124 Å². The van der Waals surface area contributed by atoms with E-state index in [0.717, 1.165) is 30.6 Å². The summed E-state index contributed by atoms with van der Waals surface area (Å²) in [6.45, 7) is 1.95. The predicted molar refractivity (Wildman–Crippen MR) is 82.1 cm³/mol. The summed E-state index contributed by atoms with van der Waals surface area (Å²) in [5.74, 6) is -0.00731. The maximum Gasteiger partial charge on any atom is 0.231 e. The number of nitrogens with one attached hydrogen (secondary N) is 1. The van der Waals surface area contributed by atoms with E-state index in [1.165, 1.54) is 0 Å². The highest BCUT2D eigenvalue weighted by Crippen LogP contribution is 2.38. The topological polar surface area (TPSA) is 72.9 Å². The fourth-order valence-electron chi connectivity index (χ4n) is 2.93. The van der Waals surface area contributed by atoms with Gasteiger partial charge < -0.3 is 11.1 Å². The minimum atomic E-state index is -0.489. The van der Waals surface area contributed by atoms with Crippen LogP contribution in [0.3, 0.4) is 0 Å². The van der Waals surface area contributed by atoms with Crippen LogP contribution in [0.4, 0.5) is 5.69 Å². The van der Waals surface area contributed by atoms with E-state index in [0.29, 0.717) is 0 Å². The smallest absolute Gasteiger partial charge is 0.231 e. The summed E-state index contributed by atoms with van der Waals surface area (Å²) >= 11 is 0. The summed E-state index contributed by atoms with van der Waals surface area (Å²) in [4.78, 5) is 12.6. The van der Waals surface area contributed by atoms with Gasteiger partial charge in [-0.15, -0.1) is 0 Å². The molecule has 1 aliphatic carbocycles. The third kappa shape index (κ3) is 2.45. The lowest BCUT2D eigenvalue weighted by Crippen LogP contribution is -2.44. The monoisotopic (exact) mass is 284 g/mol. The molecule has 21 heavy (non-hydrogen) atoms. The Morgan fingerprint density at radius 3 is 2.90 bits per heavy atom. The summed E-state index contributed by atoms with van der Waals surface area (Å²) in [6.07, 6.45) is 6.32. The fourth-order valence-corrected chi connectivity index (χ4v) is 2.93. The summed E-state index contributed by atoms with van der Waals surface area (Å²) in [7, 11) is 0. The van der Waals surface area contributed by atoms with Crippen molar-refractivity contribution in [2.24, 2.45) is 11.1 Å². The number of hydrogen-bond acceptors (Lipinski definition) is 3. The number of carbonyl (C=O) groups is 1. The molecule has 110 valence electrons.